The van der Waals surface area contributed by atoms with E-state index in [4.69, 9.17) is 0 Å². The van der Waals surface area contributed by atoms with E-state index < -0.39 is 0 Å². The number of nitrogens with zero attached hydrogens (tertiary/aromatic N) is 1. The molecule has 62 valence electrons. The Morgan fingerprint density at radius 1 is 1.73 bits per heavy atom. The molecule has 1 aliphatic heterocycles. The van der Waals surface area contributed by atoms with E-state index in [1.807, 2.05) is 0 Å². The molecule has 0 amide bonds. The quantitative estimate of drug-likeness (QED) is 0.665. The van der Waals surface area contributed by atoms with Crippen molar-refractivity contribution in [3.05, 3.63) is 24.2 Å². The summed E-state index contributed by atoms with van der Waals surface area (Å²) in [7, 11) is 0. The molecular weight excluding hydrogens is 136 g/mol. The summed E-state index contributed by atoms with van der Waals surface area (Å²) in [4.78, 5) is 2.16. The lowest BCUT2D eigenvalue weighted by molar-refractivity contribution is 0.519. The molecule has 0 aromatic rings. The van der Waals surface area contributed by atoms with Gasteiger partial charge in [0.25, 0.3) is 0 Å². The van der Waals surface area contributed by atoms with Gasteiger partial charge in [-0.1, -0.05) is 19.4 Å². The summed E-state index contributed by atoms with van der Waals surface area (Å²) in [5.41, 5.74) is 1.24. The van der Waals surface area contributed by atoms with Gasteiger partial charge in [-0.15, -0.1) is 0 Å². The largest absolute Gasteiger partial charge is 0.370 e. The Bertz CT molecular complexity index is 170. The first-order valence-corrected chi connectivity index (χ1v) is 4.17. The predicted molar refractivity (Wildman–Crippen MR) is 47.6 cm³/mol. The van der Waals surface area contributed by atoms with Crippen LogP contribution in [0.5, 0.6) is 0 Å². The third kappa shape index (κ3) is 2.66. The van der Waals surface area contributed by atoms with Gasteiger partial charge >= 0.3 is 0 Å². The monoisotopic (exact) mass is 152 g/mol. The fraction of sp³-hybridized carbons (Fsp3) is 0.556. The molecule has 0 bridgehead atoms. The molecule has 0 aromatic carbocycles. The lowest BCUT2D eigenvalue weighted by atomic mass is 10.3. The third-order valence-corrected chi connectivity index (χ3v) is 1.65. The van der Waals surface area contributed by atoms with Crippen molar-refractivity contribution in [3.63, 3.8) is 0 Å². The van der Waals surface area contributed by atoms with Crippen LogP contribution in [0.4, 0.5) is 0 Å². The Kier molecular flexibility index (Phi) is 3.02. The summed E-state index contributed by atoms with van der Waals surface area (Å²) in [5, 5.41) is 3.23. The van der Waals surface area contributed by atoms with E-state index in [-0.39, 0.29) is 0 Å². The SMILES string of the molecule is CCC/C=C/N1C=C(C)NC1. The molecule has 2 nitrogen and oxygen atoms in total. The van der Waals surface area contributed by atoms with Gasteiger partial charge in [0.05, 0.1) is 6.67 Å². The average Bonchev–Trinajstić information content (AvgIpc) is 2.37. The molecule has 1 heterocycles. The number of unbranched alkanes of at least 4 members (excludes halogenated alkanes) is 1. The van der Waals surface area contributed by atoms with E-state index in [9.17, 15) is 0 Å². The van der Waals surface area contributed by atoms with Crippen molar-refractivity contribution in [1.82, 2.24) is 10.2 Å². The van der Waals surface area contributed by atoms with Gasteiger partial charge < -0.3 is 10.2 Å². The van der Waals surface area contributed by atoms with Crippen LogP contribution in [-0.2, 0) is 0 Å². The highest BCUT2D eigenvalue weighted by Crippen LogP contribution is 2.03. The van der Waals surface area contributed by atoms with Gasteiger partial charge in [-0.25, -0.2) is 0 Å². The highest BCUT2D eigenvalue weighted by Gasteiger charge is 2.02. The Morgan fingerprint density at radius 2 is 2.55 bits per heavy atom. The molecule has 0 unspecified atom stereocenters. The van der Waals surface area contributed by atoms with Gasteiger partial charge in [-0.05, 0) is 13.3 Å². The molecule has 0 saturated heterocycles. The van der Waals surface area contributed by atoms with Gasteiger partial charge in [-0.3, -0.25) is 0 Å². The maximum atomic E-state index is 3.23. The Hall–Kier alpha value is -0.920. The minimum absolute atomic E-state index is 0.923. The highest BCUT2D eigenvalue weighted by molar-refractivity contribution is 5.04. The molecule has 1 N–H and O–H groups in total. The van der Waals surface area contributed by atoms with Crippen molar-refractivity contribution in [2.24, 2.45) is 0 Å². The molecule has 0 saturated carbocycles. The number of nitrogens with one attached hydrogen (secondary N) is 1. The zero-order valence-electron chi connectivity index (χ0n) is 7.30. The molecule has 0 spiro atoms. The van der Waals surface area contributed by atoms with E-state index in [1.165, 1.54) is 18.5 Å². The molecule has 2 heteroatoms. The normalized spacial score (nSPS) is 17.3. The van der Waals surface area contributed by atoms with E-state index in [0.29, 0.717) is 0 Å². The lowest BCUT2D eigenvalue weighted by Crippen LogP contribution is -2.15. The number of hydrogen-bond acceptors (Lipinski definition) is 2. The Morgan fingerprint density at radius 3 is 3.09 bits per heavy atom. The summed E-state index contributed by atoms with van der Waals surface area (Å²) in [6.07, 6.45) is 8.85. The topological polar surface area (TPSA) is 15.3 Å². The number of allylic oxidation sites excluding steroid dienone is 2. The molecular formula is C9H16N2. The van der Waals surface area contributed by atoms with Crippen molar-refractivity contribution in [1.29, 1.82) is 0 Å². The maximum Gasteiger partial charge on any atom is 0.0912 e. The molecule has 1 aliphatic rings. The average molecular weight is 152 g/mol. The van der Waals surface area contributed by atoms with Crippen molar-refractivity contribution in [3.8, 4) is 0 Å². The van der Waals surface area contributed by atoms with Gasteiger partial charge in [0.1, 0.15) is 0 Å². The minimum Gasteiger partial charge on any atom is -0.370 e. The van der Waals surface area contributed by atoms with Crippen LogP contribution in [0.25, 0.3) is 0 Å². The summed E-state index contributed by atoms with van der Waals surface area (Å²) >= 11 is 0. The minimum atomic E-state index is 0.923. The van der Waals surface area contributed by atoms with E-state index in [0.717, 1.165) is 6.67 Å². The third-order valence-electron chi connectivity index (χ3n) is 1.65. The first-order chi connectivity index (χ1) is 5.33. The molecule has 0 aliphatic carbocycles. The van der Waals surface area contributed by atoms with Gasteiger partial charge in [0.2, 0.25) is 0 Å². The van der Waals surface area contributed by atoms with Crippen molar-refractivity contribution < 1.29 is 0 Å². The lowest BCUT2D eigenvalue weighted by Gasteiger charge is -2.06. The van der Waals surface area contributed by atoms with Crippen LogP contribution in [0.15, 0.2) is 24.2 Å². The summed E-state index contributed by atoms with van der Waals surface area (Å²) in [5.74, 6) is 0. The first kappa shape index (κ1) is 8.18. The van der Waals surface area contributed by atoms with Gasteiger partial charge in [-0.2, -0.15) is 0 Å². The predicted octanol–water partition coefficient (Wildman–Crippen LogP) is 2.02. The zero-order chi connectivity index (χ0) is 8.10. The second kappa shape index (κ2) is 4.06. The standard InChI is InChI=1S/C9H16N2/c1-3-4-5-6-11-7-9(2)10-8-11/h5-7,10H,3-4,8H2,1-2H3/b6-5+. The smallest absolute Gasteiger partial charge is 0.0912 e. The van der Waals surface area contributed by atoms with Crippen molar-refractivity contribution >= 4 is 0 Å². The van der Waals surface area contributed by atoms with Gasteiger partial charge in [0.15, 0.2) is 0 Å². The van der Waals surface area contributed by atoms with Crippen LogP contribution < -0.4 is 5.32 Å². The number of hydrogen-bond donors (Lipinski definition) is 1. The summed E-state index contributed by atoms with van der Waals surface area (Å²) in [6, 6.07) is 0. The van der Waals surface area contributed by atoms with Crippen LogP contribution in [0, 0.1) is 0 Å². The van der Waals surface area contributed by atoms with Crippen LogP contribution in [-0.4, -0.2) is 11.6 Å². The molecule has 11 heavy (non-hydrogen) atoms. The summed E-state index contributed by atoms with van der Waals surface area (Å²) < 4.78 is 0. The highest BCUT2D eigenvalue weighted by atomic mass is 15.2. The maximum absolute atomic E-state index is 3.23. The fourth-order valence-electron chi connectivity index (χ4n) is 1.03. The van der Waals surface area contributed by atoms with E-state index >= 15 is 0 Å². The Labute approximate surface area is 68.6 Å². The van der Waals surface area contributed by atoms with Crippen molar-refractivity contribution in [2.75, 3.05) is 6.67 Å². The van der Waals surface area contributed by atoms with Crippen molar-refractivity contribution in [2.45, 2.75) is 26.7 Å². The number of rotatable bonds is 3. The molecule has 0 fully saturated rings. The Balaban J connectivity index is 2.28. The molecule has 0 atom stereocenters. The second-order valence-corrected chi connectivity index (χ2v) is 2.83. The molecule has 0 radical (unpaired) electrons. The van der Waals surface area contributed by atoms with Gasteiger partial charge in [0, 0.05) is 18.1 Å². The molecule has 1 rings (SSSR count). The van der Waals surface area contributed by atoms with E-state index in [1.54, 1.807) is 0 Å². The summed E-state index contributed by atoms with van der Waals surface area (Å²) in [6.45, 7) is 5.19. The second-order valence-electron chi connectivity index (χ2n) is 2.83. The first-order valence-electron chi connectivity index (χ1n) is 4.17. The van der Waals surface area contributed by atoms with Crippen LogP contribution in [0.3, 0.4) is 0 Å². The van der Waals surface area contributed by atoms with Crippen LogP contribution >= 0.6 is 0 Å². The van der Waals surface area contributed by atoms with E-state index in [2.05, 4.69) is 42.5 Å². The van der Waals surface area contributed by atoms with Crippen LogP contribution in [0.2, 0.25) is 0 Å². The molecule has 0 aromatic heterocycles. The zero-order valence-corrected chi connectivity index (χ0v) is 7.30. The van der Waals surface area contributed by atoms with Crippen LogP contribution in [0.1, 0.15) is 26.7 Å². The fourth-order valence-corrected chi connectivity index (χ4v) is 1.03.